The van der Waals surface area contributed by atoms with Crippen LogP contribution in [0.15, 0.2) is 54.6 Å². The van der Waals surface area contributed by atoms with Gasteiger partial charge >= 0.3 is 0 Å². The number of piperazine rings is 1. The van der Waals surface area contributed by atoms with Crippen molar-refractivity contribution < 1.29 is 14.7 Å². The van der Waals surface area contributed by atoms with Crippen LogP contribution in [-0.2, 0) is 16.0 Å². The average molecular weight is 355 g/mol. The number of carbonyl (C=O) groups is 2. The normalized spacial score (nSPS) is 13.6. The number of aromatic hydroxyl groups is 1. The first kappa shape index (κ1) is 19.3. The molecule has 0 spiro atoms. The quantitative estimate of drug-likeness (QED) is 0.879. The predicted molar refractivity (Wildman–Crippen MR) is 102 cm³/mol. The highest BCUT2D eigenvalue weighted by atomic mass is 16.3. The van der Waals surface area contributed by atoms with Crippen LogP contribution < -0.4 is 10.6 Å². The van der Waals surface area contributed by atoms with Gasteiger partial charge in [-0.1, -0.05) is 30.3 Å². The van der Waals surface area contributed by atoms with Crippen LogP contribution in [0.25, 0.3) is 0 Å². The van der Waals surface area contributed by atoms with E-state index in [4.69, 9.17) is 0 Å². The molecule has 3 N–H and O–H groups in total. The van der Waals surface area contributed by atoms with Gasteiger partial charge in [0.15, 0.2) is 0 Å². The number of rotatable bonds is 3. The fourth-order valence-electron chi connectivity index (χ4n) is 2.76. The molecule has 1 aliphatic rings. The van der Waals surface area contributed by atoms with Crippen LogP contribution in [0.4, 0.5) is 5.69 Å². The zero-order valence-corrected chi connectivity index (χ0v) is 15.0. The van der Waals surface area contributed by atoms with Crippen molar-refractivity contribution >= 4 is 17.5 Å². The SMILES string of the molecule is CC(N)=O.O=C(Cc1ccccc1)N1CCN(c2ccc(O)cc2)CC1. The van der Waals surface area contributed by atoms with E-state index in [0.29, 0.717) is 6.42 Å². The molecule has 3 rings (SSSR count). The van der Waals surface area contributed by atoms with Crippen LogP contribution in [0, 0.1) is 0 Å². The van der Waals surface area contributed by atoms with Gasteiger partial charge in [-0.25, -0.2) is 0 Å². The Bertz CT molecular complexity index is 705. The summed E-state index contributed by atoms with van der Waals surface area (Å²) in [4.78, 5) is 25.7. The highest BCUT2D eigenvalue weighted by Crippen LogP contribution is 2.20. The fourth-order valence-corrected chi connectivity index (χ4v) is 2.76. The second kappa shape index (κ2) is 9.46. The number of primary amides is 1. The molecule has 6 heteroatoms. The molecular formula is C20H25N3O3. The van der Waals surface area contributed by atoms with Crippen molar-refractivity contribution in [2.75, 3.05) is 31.1 Å². The van der Waals surface area contributed by atoms with Crippen molar-refractivity contribution in [3.63, 3.8) is 0 Å². The van der Waals surface area contributed by atoms with E-state index in [1.807, 2.05) is 47.4 Å². The third-order valence-corrected chi connectivity index (χ3v) is 4.05. The molecular weight excluding hydrogens is 330 g/mol. The Labute approximate surface area is 153 Å². The zero-order chi connectivity index (χ0) is 18.9. The number of hydrogen-bond donors (Lipinski definition) is 2. The third kappa shape index (κ3) is 6.12. The van der Waals surface area contributed by atoms with Crippen LogP contribution in [-0.4, -0.2) is 48.0 Å². The van der Waals surface area contributed by atoms with Crippen LogP contribution in [0.2, 0.25) is 0 Å². The fraction of sp³-hybridized carbons (Fsp3) is 0.300. The minimum absolute atomic E-state index is 0.191. The molecule has 138 valence electrons. The van der Waals surface area contributed by atoms with Crippen LogP contribution >= 0.6 is 0 Å². The number of amides is 2. The molecule has 2 aromatic carbocycles. The molecule has 0 unspecified atom stereocenters. The van der Waals surface area contributed by atoms with Gasteiger partial charge in [-0.15, -0.1) is 0 Å². The standard InChI is InChI=1S/C18H20N2O2.C2H5NO/c21-17-8-6-16(7-9-17)19-10-12-20(13-11-19)18(22)14-15-4-2-1-3-5-15;1-2(3)4/h1-9,21H,10-14H2;1H3,(H2,3,4). The summed E-state index contributed by atoms with van der Waals surface area (Å²) in [6.07, 6.45) is 0.472. The van der Waals surface area contributed by atoms with Crippen LogP contribution in [0.5, 0.6) is 5.75 Å². The lowest BCUT2D eigenvalue weighted by atomic mass is 10.1. The van der Waals surface area contributed by atoms with E-state index in [1.54, 1.807) is 12.1 Å². The average Bonchev–Trinajstić information content (AvgIpc) is 2.63. The highest BCUT2D eigenvalue weighted by Gasteiger charge is 2.21. The molecule has 0 aliphatic carbocycles. The van der Waals surface area contributed by atoms with Gasteiger partial charge in [0.1, 0.15) is 5.75 Å². The van der Waals surface area contributed by atoms with Crippen molar-refractivity contribution in [1.29, 1.82) is 0 Å². The topological polar surface area (TPSA) is 86.9 Å². The summed E-state index contributed by atoms with van der Waals surface area (Å²) in [5.41, 5.74) is 6.63. The van der Waals surface area contributed by atoms with Gasteiger partial charge in [-0.05, 0) is 29.8 Å². The summed E-state index contributed by atoms with van der Waals surface area (Å²) < 4.78 is 0. The lowest BCUT2D eigenvalue weighted by Gasteiger charge is -2.36. The van der Waals surface area contributed by atoms with Gasteiger partial charge < -0.3 is 20.6 Å². The van der Waals surface area contributed by atoms with E-state index in [9.17, 15) is 14.7 Å². The maximum atomic E-state index is 12.3. The Morgan fingerprint density at radius 1 is 0.962 bits per heavy atom. The monoisotopic (exact) mass is 355 g/mol. The van der Waals surface area contributed by atoms with Gasteiger partial charge in [0.2, 0.25) is 11.8 Å². The maximum Gasteiger partial charge on any atom is 0.227 e. The smallest absolute Gasteiger partial charge is 0.227 e. The van der Waals surface area contributed by atoms with Crippen molar-refractivity contribution in [3.8, 4) is 5.75 Å². The van der Waals surface area contributed by atoms with Crippen molar-refractivity contribution in [3.05, 3.63) is 60.2 Å². The number of benzene rings is 2. The Hall–Kier alpha value is -3.02. The molecule has 0 bridgehead atoms. The molecule has 1 heterocycles. The first-order valence-electron chi connectivity index (χ1n) is 8.57. The van der Waals surface area contributed by atoms with Crippen molar-refractivity contribution in [2.24, 2.45) is 5.73 Å². The second-order valence-corrected chi connectivity index (χ2v) is 6.16. The lowest BCUT2D eigenvalue weighted by molar-refractivity contribution is -0.130. The van der Waals surface area contributed by atoms with E-state index in [-0.39, 0.29) is 17.6 Å². The third-order valence-electron chi connectivity index (χ3n) is 4.05. The summed E-state index contributed by atoms with van der Waals surface area (Å²) in [7, 11) is 0. The summed E-state index contributed by atoms with van der Waals surface area (Å²) in [6, 6.07) is 17.1. The Kier molecular flexibility index (Phi) is 7.02. The molecule has 2 aromatic rings. The summed E-state index contributed by atoms with van der Waals surface area (Å²) >= 11 is 0. The zero-order valence-electron chi connectivity index (χ0n) is 15.0. The Balaban J connectivity index is 0.000000552. The van der Waals surface area contributed by atoms with E-state index >= 15 is 0 Å². The number of anilines is 1. The van der Waals surface area contributed by atoms with E-state index < -0.39 is 0 Å². The Morgan fingerprint density at radius 2 is 1.50 bits per heavy atom. The number of nitrogens with two attached hydrogens (primary N) is 1. The predicted octanol–water partition coefficient (Wildman–Crippen LogP) is 1.78. The highest BCUT2D eigenvalue weighted by molar-refractivity contribution is 5.79. The lowest BCUT2D eigenvalue weighted by Crippen LogP contribution is -2.49. The number of phenols is 1. The minimum atomic E-state index is -0.333. The molecule has 1 fully saturated rings. The van der Waals surface area contributed by atoms with Crippen molar-refractivity contribution in [2.45, 2.75) is 13.3 Å². The van der Waals surface area contributed by atoms with Gasteiger partial charge in [0.25, 0.3) is 0 Å². The molecule has 0 atom stereocenters. The van der Waals surface area contributed by atoms with Crippen LogP contribution in [0.3, 0.4) is 0 Å². The summed E-state index contributed by atoms with van der Waals surface area (Å²) in [6.45, 7) is 4.44. The number of phenolic OH excluding ortho intramolecular Hbond substituents is 1. The van der Waals surface area contributed by atoms with E-state index in [2.05, 4.69) is 10.6 Å². The van der Waals surface area contributed by atoms with Gasteiger partial charge in [0, 0.05) is 38.8 Å². The van der Waals surface area contributed by atoms with Gasteiger partial charge in [-0.3, -0.25) is 9.59 Å². The van der Waals surface area contributed by atoms with E-state index in [1.165, 1.54) is 6.92 Å². The first-order valence-corrected chi connectivity index (χ1v) is 8.57. The first-order chi connectivity index (χ1) is 12.5. The van der Waals surface area contributed by atoms with E-state index in [0.717, 1.165) is 37.4 Å². The summed E-state index contributed by atoms with van der Waals surface area (Å²) in [5.74, 6) is 0.136. The summed E-state index contributed by atoms with van der Waals surface area (Å²) in [5, 5.41) is 9.34. The Morgan fingerprint density at radius 3 is 2.04 bits per heavy atom. The number of carbonyl (C=O) groups excluding carboxylic acids is 2. The molecule has 0 saturated carbocycles. The molecule has 1 saturated heterocycles. The molecule has 1 aliphatic heterocycles. The largest absolute Gasteiger partial charge is 0.508 e. The van der Waals surface area contributed by atoms with Gasteiger partial charge in [-0.2, -0.15) is 0 Å². The minimum Gasteiger partial charge on any atom is -0.508 e. The van der Waals surface area contributed by atoms with Gasteiger partial charge in [0.05, 0.1) is 6.42 Å². The van der Waals surface area contributed by atoms with Crippen molar-refractivity contribution in [1.82, 2.24) is 4.90 Å². The van der Waals surface area contributed by atoms with Crippen LogP contribution in [0.1, 0.15) is 12.5 Å². The molecule has 6 nitrogen and oxygen atoms in total. The molecule has 2 amide bonds. The molecule has 0 radical (unpaired) electrons. The number of nitrogens with zero attached hydrogens (tertiary/aromatic N) is 2. The number of hydrogen-bond acceptors (Lipinski definition) is 4. The maximum absolute atomic E-state index is 12.3. The molecule has 0 aromatic heterocycles. The second-order valence-electron chi connectivity index (χ2n) is 6.16. The molecule has 26 heavy (non-hydrogen) atoms.